The minimum atomic E-state index is -0.451. The molecule has 1 aliphatic carbocycles. The molecular formula is C22H24N4O4. The fourth-order valence-corrected chi connectivity index (χ4v) is 3.37. The van der Waals surface area contributed by atoms with E-state index in [0.717, 1.165) is 29.6 Å². The van der Waals surface area contributed by atoms with E-state index in [1.54, 1.807) is 12.1 Å². The van der Waals surface area contributed by atoms with Gasteiger partial charge in [0, 0.05) is 12.5 Å². The Hall–Kier alpha value is -3.42. The van der Waals surface area contributed by atoms with Gasteiger partial charge in [0.2, 0.25) is 0 Å². The van der Waals surface area contributed by atoms with E-state index in [1.165, 1.54) is 0 Å². The van der Waals surface area contributed by atoms with Crippen LogP contribution in [-0.4, -0.2) is 28.4 Å². The van der Waals surface area contributed by atoms with Gasteiger partial charge in [-0.1, -0.05) is 11.6 Å². The van der Waals surface area contributed by atoms with Crippen LogP contribution >= 0.6 is 0 Å². The van der Waals surface area contributed by atoms with E-state index < -0.39 is 5.91 Å². The first-order valence-electron chi connectivity index (χ1n) is 9.96. The van der Waals surface area contributed by atoms with Crippen LogP contribution in [0.3, 0.4) is 0 Å². The molecule has 0 bridgehead atoms. The molecular weight excluding hydrogens is 384 g/mol. The molecule has 156 valence electrons. The normalized spacial score (nSPS) is 15.0. The summed E-state index contributed by atoms with van der Waals surface area (Å²) in [5, 5.41) is 5.52. The lowest BCUT2D eigenvalue weighted by atomic mass is 10.0. The molecule has 8 nitrogen and oxygen atoms in total. The molecule has 0 atom stereocenters. The van der Waals surface area contributed by atoms with E-state index in [0.29, 0.717) is 22.7 Å². The van der Waals surface area contributed by atoms with Crippen LogP contribution in [0.15, 0.2) is 28.6 Å². The molecule has 2 heterocycles. The van der Waals surface area contributed by atoms with Gasteiger partial charge in [-0.25, -0.2) is 4.98 Å². The lowest BCUT2D eigenvalue weighted by Crippen LogP contribution is -2.30. The first-order chi connectivity index (χ1) is 14.3. The molecule has 30 heavy (non-hydrogen) atoms. The average Bonchev–Trinajstić information content (AvgIpc) is 3.55. The van der Waals surface area contributed by atoms with Crippen molar-refractivity contribution in [2.45, 2.75) is 46.1 Å². The second-order valence-electron chi connectivity index (χ2n) is 7.92. The second kappa shape index (κ2) is 7.78. The van der Waals surface area contributed by atoms with Gasteiger partial charge in [-0.3, -0.25) is 14.4 Å². The van der Waals surface area contributed by atoms with Gasteiger partial charge in [-0.2, -0.15) is 0 Å². The molecule has 1 saturated carbocycles. The first kappa shape index (κ1) is 19.9. The highest BCUT2D eigenvalue weighted by atomic mass is 16.5. The van der Waals surface area contributed by atoms with Crippen LogP contribution in [-0.2, 0) is 11.3 Å². The molecule has 8 heteroatoms. The number of aromatic nitrogens is 2. The minimum absolute atomic E-state index is 0.00629. The maximum Gasteiger partial charge on any atom is 0.287 e. The van der Waals surface area contributed by atoms with Crippen molar-refractivity contribution in [3.05, 3.63) is 56.8 Å². The summed E-state index contributed by atoms with van der Waals surface area (Å²) in [6.45, 7) is 6.04. The molecule has 0 unspecified atom stereocenters. The number of hydrogen-bond acceptors (Lipinski definition) is 5. The molecule has 2 aromatic rings. The molecule has 4 rings (SSSR count). The summed E-state index contributed by atoms with van der Waals surface area (Å²) < 4.78 is 5.33. The summed E-state index contributed by atoms with van der Waals surface area (Å²) in [6.07, 6.45) is 1.95. The molecule has 1 fully saturated rings. The summed E-state index contributed by atoms with van der Waals surface area (Å²) in [6, 6.07) is 5.31. The zero-order valence-electron chi connectivity index (χ0n) is 17.2. The van der Waals surface area contributed by atoms with Crippen molar-refractivity contribution in [2.24, 2.45) is 0 Å². The Bertz CT molecular complexity index is 1120. The lowest BCUT2D eigenvalue weighted by Gasteiger charge is -2.18. The van der Waals surface area contributed by atoms with E-state index in [4.69, 9.17) is 4.74 Å². The molecule has 3 N–H and O–H groups in total. The maximum atomic E-state index is 12.7. The van der Waals surface area contributed by atoms with Gasteiger partial charge in [0.1, 0.15) is 5.75 Å². The highest BCUT2D eigenvalue weighted by Gasteiger charge is 2.31. The van der Waals surface area contributed by atoms with Crippen LogP contribution < -0.4 is 20.9 Å². The van der Waals surface area contributed by atoms with E-state index in [-0.39, 0.29) is 36.4 Å². The number of anilines is 1. The number of carbonyl (C=O) groups is 2. The monoisotopic (exact) mass is 408 g/mol. The van der Waals surface area contributed by atoms with E-state index in [9.17, 15) is 14.4 Å². The Balaban J connectivity index is 1.54. The van der Waals surface area contributed by atoms with Crippen molar-refractivity contribution in [3.63, 3.8) is 0 Å². The fourth-order valence-electron chi connectivity index (χ4n) is 3.37. The highest BCUT2D eigenvalue weighted by molar-refractivity contribution is 5.95. The van der Waals surface area contributed by atoms with Gasteiger partial charge in [0.05, 0.1) is 16.9 Å². The molecule has 1 aromatic carbocycles. The Labute approximate surface area is 173 Å². The van der Waals surface area contributed by atoms with Crippen LogP contribution in [0.1, 0.15) is 67.0 Å². The van der Waals surface area contributed by atoms with Gasteiger partial charge in [-0.15, -0.1) is 0 Å². The fraction of sp³-hybridized carbons (Fsp3) is 0.364. The Morgan fingerprint density at radius 3 is 2.70 bits per heavy atom. The molecule has 1 aromatic heterocycles. The molecule has 0 spiro atoms. The molecule has 2 amide bonds. The quantitative estimate of drug-likeness (QED) is 0.704. The average molecular weight is 408 g/mol. The van der Waals surface area contributed by atoms with Crippen molar-refractivity contribution >= 4 is 23.1 Å². The molecule has 0 saturated heterocycles. The van der Waals surface area contributed by atoms with Gasteiger partial charge in [-0.05, 0) is 56.9 Å². The predicted octanol–water partition coefficient (Wildman–Crippen LogP) is 2.72. The van der Waals surface area contributed by atoms with Gasteiger partial charge < -0.3 is 20.4 Å². The Kier molecular flexibility index (Phi) is 5.15. The number of allylic oxidation sites excluding steroid dienone is 2. The van der Waals surface area contributed by atoms with E-state index in [1.807, 2.05) is 26.8 Å². The van der Waals surface area contributed by atoms with E-state index in [2.05, 4.69) is 20.6 Å². The summed E-state index contributed by atoms with van der Waals surface area (Å²) in [4.78, 5) is 44.0. The molecule has 0 radical (unpaired) electrons. The van der Waals surface area contributed by atoms with Crippen molar-refractivity contribution in [2.75, 3.05) is 11.9 Å². The first-order valence-corrected chi connectivity index (χ1v) is 9.96. The smallest absolute Gasteiger partial charge is 0.287 e. The summed E-state index contributed by atoms with van der Waals surface area (Å²) >= 11 is 0. The topological polar surface area (TPSA) is 113 Å². The van der Waals surface area contributed by atoms with E-state index >= 15 is 0 Å². The number of nitrogens with zero attached hydrogens (tertiary/aromatic N) is 1. The number of nitrogens with one attached hydrogen (secondary N) is 3. The highest BCUT2D eigenvalue weighted by Crippen LogP contribution is 2.41. The Morgan fingerprint density at radius 2 is 2.00 bits per heavy atom. The third-order valence-corrected chi connectivity index (χ3v) is 5.38. The van der Waals surface area contributed by atoms with Crippen molar-refractivity contribution in [1.29, 1.82) is 0 Å². The zero-order chi connectivity index (χ0) is 21.4. The van der Waals surface area contributed by atoms with Crippen molar-refractivity contribution in [3.8, 4) is 5.75 Å². The summed E-state index contributed by atoms with van der Waals surface area (Å²) in [5.74, 6) is 0.169. The summed E-state index contributed by atoms with van der Waals surface area (Å²) in [7, 11) is 0. The Morgan fingerprint density at radius 1 is 1.23 bits per heavy atom. The van der Waals surface area contributed by atoms with Gasteiger partial charge >= 0.3 is 0 Å². The number of ether oxygens (including phenoxy) is 1. The number of benzene rings is 1. The van der Waals surface area contributed by atoms with Crippen LogP contribution in [0.2, 0.25) is 0 Å². The van der Waals surface area contributed by atoms with Crippen LogP contribution in [0.5, 0.6) is 5.75 Å². The molecule has 2 aliphatic rings. The number of H-pyrrole nitrogens is 1. The third-order valence-electron chi connectivity index (χ3n) is 5.38. The van der Waals surface area contributed by atoms with Crippen LogP contribution in [0.25, 0.3) is 5.57 Å². The lowest BCUT2D eigenvalue weighted by molar-refractivity contribution is -0.118. The molecule has 1 aliphatic heterocycles. The second-order valence-corrected chi connectivity index (χ2v) is 7.92. The standard InChI is InChI=1S/C22H24N4O4/c1-11(2)12(3)18-19(14-5-6-14)25-20(26-21(18)28)22(29)23-9-13-4-7-16-15(8-13)24-17(27)10-30-16/h4,7-8,14H,5-6,9-10H2,1-3H3,(H,23,29)(H,24,27)(H,25,26,28). The maximum absolute atomic E-state index is 12.7. The number of carbonyl (C=O) groups excluding carboxylic acids is 2. The number of hydrogen-bond donors (Lipinski definition) is 3. The largest absolute Gasteiger partial charge is 0.482 e. The van der Waals surface area contributed by atoms with Crippen LogP contribution in [0, 0.1) is 0 Å². The minimum Gasteiger partial charge on any atom is -0.482 e. The van der Waals surface area contributed by atoms with Gasteiger partial charge in [0.25, 0.3) is 17.4 Å². The van der Waals surface area contributed by atoms with Crippen molar-refractivity contribution in [1.82, 2.24) is 15.3 Å². The number of fused-ring (bicyclic) bond motifs is 1. The summed E-state index contributed by atoms with van der Waals surface area (Å²) in [5.41, 5.74) is 4.30. The zero-order valence-corrected chi connectivity index (χ0v) is 17.2. The number of amides is 2. The SMILES string of the molecule is CC(C)=C(C)c1c(C2CC2)nc(C(=O)NCc2ccc3c(c2)NC(=O)CO3)[nH]c1=O. The number of aromatic amines is 1. The van der Waals surface area contributed by atoms with Crippen molar-refractivity contribution < 1.29 is 14.3 Å². The van der Waals surface area contributed by atoms with Crippen LogP contribution in [0.4, 0.5) is 5.69 Å². The third kappa shape index (κ3) is 3.98. The van der Waals surface area contributed by atoms with Gasteiger partial charge in [0.15, 0.2) is 12.4 Å². The number of rotatable bonds is 5. The predicted molar refractivity (Wildman–Crippen MR) is 113 cm³/mol.